The van der Waals surface area contributed by atoms with Gasteiger partial charge in [-0.25, -0.2) is 4.79 Å². The van der Waals surface area contributed by atoms with Crippen molar-refractivity contribution in [1.82, 2.24) is 0 Å². The smallest absolute Gasteiger partial charge is 0.328 e. The highest BCUT2D eigenvalue weighted by molar-refractivity contribution is 7.98. The normalized spacial score (nSPS) is 11.2. The summed E-state index contributed by atoms with van der Waals surface area (Å²) in [6, 6.07) is 7.69. The van der Waals surface area contributed by atoms with Crippen LogP contribution < -0.4 is 4.74 Å². The van der Waals surface area contributed by atoms with E-state index in [1.54, 1.807) is 18.7 Å². The minimum Gasteiger partial charge on any atom is -0.489 e. The van der Waals surface area contributed by atoms with Crippen molar-refractivity contribution in [1.29, 1.82) is 0 Å². The SMILES string of the molecule is CSc1ccc(OCC(C)=CC(=O)O)cc1. The maximum Gasteiger partial charge on any atom is 0.328 e. The molecule has 0 fully saturated rings. The number of carboxylic acid groups (broad SMARTS) is 1. The van der Waals surface area contributed by atoms with E-state index in [4.69, 9.17) is 9.84 Å². The molecule has 0 aliphatic rings. The van der Waals surface area contributed by atoms with Crippen LogP contribution in [-0.4, -0.2) is 23.9 Å². The number of benzene rings is 1. The summed E-state index contributed by atoms with van der Waals surface area (Å²) in [6.07, 6.45) is 3.16. The number of aliphatic carboxylic acids is 1. The second-order valence-corrected chi connectivity index (χ2v) is 4.17. The van der Waals surface area contributed by atoms with Crippen LogP contribution in [0.1, 0.15) is 6.92 Å². The van der Waals surface area contributed by atoms with Crippen molar-refractivity contribution in [3.8, 4) is 5.75 Å². The van der Waals surface area contributed by atoms with E-state index in [2.05, 4.69) is 0 Å². The highest BCUT2D eigenvalue weighted by Gasteiger charge is 1.97. The van der Waals surface area contributed by atoms with Crippen LogP contribution in [0.15, 0.2) is 40.8 Å². The fourth-order valence-electron chi connectivity index (χ4n) is 1.12. The molecule has 1 N–H and O–H groups in total. The quantitative estimate of drug-likeness (QED) is 0.633. The molecule has 4 heteroatoms. The molecule has 0 saturated carbocycles. The van der Waals surface area contributed by atoms with E-state index in [0.29, 0.717) is 12.2 Å². The van der Waals surface area contributed by atoms with Gasteiger partial charge in [-0.15, -0.1) is 11.8 Å². The Labute approximate surface area is 99.1 Å². The Morgan fingerprint density at radius 2 is 2.06 bits per heavy atom. The average Bonchev–Trinajstić information content (AvgIpc) is 2.26. The van der Waals surface area contributed by atoms with Crippen LogP contribution >= 0.6 is 11.8 Å². The van der Waals surface area contributed by atoms with Gasteiger partial charge in [0, 0.05) is 11.0 Å². The summed E-state index contributed by atoms with van der Waals surface area (Å²) >= 11 is 1.67. The van der Waals surface area contributed by atoms with E-state index in [9.17, 15) is 4.79 Å². The summed E-state index contributed by atoms with van der Waals surface area (Å²) in [6.45, 7) is 2.02. The van der Waals surface area contributed by atoms with Gasteiger partial charge in [-0.05, 0) is 43.0 Å². The highest BCUT2D eigenvalue weighted by Crippen LogP contribution is 2.19. The van der Waals surface area contributed by atoms with Crippen molar-refractivity contribution in [3.63, 3.8) is 0 Å². The predicted molar refractivity (Wildman–Crippen MR) is 65.1 cm³/mol. The Morgan fingerprint density at radius 3 is 2.56 bits per heavy atom. The van der Waals surface area contributed by atoms with E-state index in [0.717, 1.165) is 11.8 Å². The molecule has 3 nitrogen and oxygen atoms in total. The zero-order valence-corrected chi connectivity index (χ0v) is 10.1. The molecule has 86 valence electrons. The fourth-order valence-corrected chi connectivity index (χ4v) is 1.53. The summed E-state index contributed by atoms with van der Waals surface area (Å²) in [5.74, 6) is -0.199. The van der Waals surface area contributed by atoms with E-state index in [1.807, 2.05) is 30.5 Å². The molecular formula is C12H14O3S. The van der Waals surface area contributed by atoms with Crippen LogP contribution in [0, 0.1) is 0 Å². The van der Waals surface area contributed by atoms with Gasteiger partial charge in [0.2, 0.25) is 0 Å². The van der Waals surface area contributed by atoms with Crippen molar-refractivity contribution >= 4 is 17.7 Å². The van der Waals surface area contributed by atoms with Gasteiger partial charge < -0.3 is 9.84 Å². The second kappa shape index (κ2) is 6.23. The van der Waals surface area contributed by atoms with E-state index < -0.39 is 5.97 Å². The van der Waals surface area contributed by atoms with E-state index in [-0.39, 0.29) is 0 Å². The molecule has 0 amide bonds. The Balaban J connectivity index is 2.51. The molecule has 0 atom stereocenters. The Bertz CT molecular complexity index is 382. The summed E-state index contributed by atoms with van der Waals surface area (Å²) in [5.41, 5.74) is 0.682. The van der Waals surface area contributed by atoms with Gasteiger partial charge in [0.1, 0.15) is 12.4 Å². The van der Waals surface area contributed by atoms with E-state index >= 15 is 0 Å². The first-order valence-electron chi connectivity index (χ1n) is 4.79. The third kappa shape index (κ3) is 4.40. The first kappa shape index (κ1) is 12.6. The standard InChI is InChI=1S/C12H14O3S/c1-9(7-12(13)14)8-15-10-3-5-11(16-2)6-4-10/h3-7H,8H2,1-2H3,(H,13,14). The van der Waals surface area contributed by atoms with Crippen molar-refractivity contribution in [2.24, 2.45) is 0 Å². The van der Waals surface area contributed by atoms with Gasteiger partial charge >= 0.3 is 5.97 Å². The zero-order chi connectivity index (χ0) is 12.0. The molecule has 0 heterocycles. The topological polar surface area (TPSA) is 46.5 Å². The Morgan fingerprint density at radius 1 is 1.44 bits per heavy atom. The molecule has 0 radical (unpaired) electrons. The maximum absolute atomic E-state index is 10.4. The van der Waals surface area contributed by atoms with Gasteiger partial charge in [0.15, 0.2) is 0 Å². The fraction of sp³-hybridized carbons (Fsp3) is 0.250. The number of thioether (sulfide) groups is 1. The minimum absolute atomic E-state index is 0.297. The van der Waals surface area contributed by atoms with Crippen LogP contribution in [0.5, 0.6) is 5.75 Å². The molecule has 1 aromatic rings. The van der Waals surface area contributed by atoms with Gasteiger partial charge in [0.25, 0.3) is 0 Å². The van der Waals surface area contributed by atoms with Crippen molar-refractivity contribution < 1.29 is 14.6 Å². The number of carbonyl (C=O) groups is 1. The van der Waals surface area contributed by atoms with Crippen molar-refractivity contribution in [2.75, 3.05) is 12.9 Å². The Hall–Kier alpha value is -1.42. The van der Waals surface area contributed by atoms with E-state index in [1.165, 1.54) is 4.90 Å². The molecule has 1 rings (SSSR count). The molecule has 0 spiro atoms. The molecule has 16 heavy (non-hydrogen) atoms. The molecule has 0 saturated heterocycles. The molecule has 1 aromatic carbocycles. The lowest BCUT2D eigenvalue weighted by Crippen LogP contribution is -2.01. The van der Waals surface area contributed by atoms with Crippen LogP contribution in [-0.2, 0) is 4.79 Å². The monoisotopic (exact) mass is 238 g/mol. The number of ether oxygens (including phenoxy) is 1. The predicted octanol–water partition coefficient (Wildman–Crippen LogP) is 2.82. The van der Waals surface area contributed by atoms with Gasteiger partial charge in [-0.2, -0.15) is 0 Å². The third-order valence-corrected chi connectivity index (χ3v) is 2.64. The van der Waals surface area contributed by atoms with Crippen LogP contribution in [0.2, 0.25) is 0 Å². The molecular weight excluding hydrogens is 224 g/mol. The number of carboxylic acids is 1. The lowest BCUT2D eigenvalue weighted by atomic mass is 10.3. The zero-order valence-electron chi connectivity index (χ0n) is 9.27. The number of hydrogen-bond donors (Lipinski definition) is 1. The first-order valence-corrected chi connectivity index (χ1v) is 6.01. The van der Waals surface area contributed by atoms with Crippen LogP contribution in [0.25, 0.3) is 0 Å². The van der Waals surface area contributed by atoms with Crippen LogP contribution in [0.3, 0.4) is 0 Å². The molecule has 0 bridgehead atoms. The summed E-state index contributed by atoms with van der Waals surface area (Å²) < 4.78 is 5.43. The molecule has 0 unspecified atom stereocenters. The molecule has 0 aromatic heterocycles. The van der Waals surface area contributed by atoms with Crippen molar-refractivity contribution in [3.05, 3.63) is 35.9 Å². The number of rotatable bonds is 5. The summed E-state index contributed by atoms with van der Waals surface area (Å²) in [5, 5.41) is 8.51. The van der Waals surface area contributed by atoms with Gasteiger partial charge in [0.05, 0.1) is 0 Å². The second-order valence-electron chi connectivity index (χ2n) is 3.29. The lowest BCUT2D eigenvalue weighted by molar-refractivity contribution is -0.131. The summed E-state index contributed by atoms with van der Waals surface area (Å²) in [4.78, 5) is 11.5. The van der Waals surface area contributed by atoms with Gasteiger partial charge in [-0.1, -0.05) is 0 Å². The highest BCUT2D eigenvalue weighted by atomic mass is 32.2. The van der Waals surface area contributed by atoms with Crippen molar-refractivity contribution in [2.45, 2.75) is 11.8 Å². The van der Waals surface area contributed by atoms with Gasteiger partial charge in [-0.3, -0.25) is 0 Å². The minimum atomic E-state index is -0.946. The number of hydrogen-bond acceptors (Lipinski definition) is 3. The maximum atomic E-state index is 10.4. The Kier molecular flexibility index (Phi) is 4.92. The third-order valence-electron chi connectivity index (χ3n) is 1.90. The summed E-state index contributed by atoms with van der Waals surface area (Å²) in [7, 11) is 0. The molecule has 0 aliphatic carbocycles. The first-order chi connectivity index (χ1) is 7.61. The average molecular weight is 238 g/mol. The van der Waals surface area contributed by atoms with Crippen LogP contribution in [0.4, 0.5) is 0 Å². The lowest BCUT2D eigenvalue weighted by Gasteiger charge is -2.06. The molecule has 0 aliphatic heterocycles. The largest absolute Gasteiger partial charge is 0.489 e.